The number of fused-ring (bicyclic) bond motifs is 6. The third kappa shape index (κ3) is 4.82. The molecule has 5 nitrogen and oxygen atoms in total. The topological polar surface area (TPSA) is 48.5 Å². The van der Waals surface area contributed by atoms with Crippen LogP contribution in [0, 0.1) is 0 Å². The van der Waals surface area contributed by atoms with Gasteiger partial charge in [-0.05, 0) is 65.9 Å². The molecule has 3 heterocycles. The van der Waals surface area contributed by atoms with E-state index < -0.39 is 0 Å². The summed E-state index contributed by atoms with van der Waals surface area (Å²) in [4.78, 5) is 15.8. The first-order chi connectivity index (χ1) is 25.7. The van der Waals surface area contributed by atoms with Crippen LogP contribution in [0.15, 0.2) is 170 Å². The van der Waals surface area contributed by atoms with Crippen molar-refractivity contribution in [3.8, 4) is 50.8 Å². The molecule has 0 N–H and O–H groups in total. The highest BCUT2D eigenvalue weighted by Crippen LogP contribution is 2.40. The van der Waals surface area contributed by atoms with E-state index in [1.165, 1.54) is 0 Å². The first-order valence-electron chi connectivity index (χ1n) is 17.8. The van der Waals surface area contributed by atoms with Crippen molar-refractivity contribution in [3.05, 3.63) is 170 Å². The van der Waals surface area contributed by atoms with Crippen LogP contribution in [0.25, 0.3) is 94.6 Å². The fourth-order valence-corrected chi connectivity index (χ4v) is 7.69. The molecule has 7 aromatic carbocycles. The Kier molecular flexibility index (Phi) is 7.03. The molecule has 0 aliphatic heterocycles. The van der Waals surface area contributed by atoms with E-state index in [9.17, 15) is 0 Å². The smallest absolute Gasteiger partial charge is 0.145 e. The Morgan fingerprint density at radius 3 is 1.92 bits per heavy atom. The molecule has 246 valence electrons. The van der Waals surface area contributed by atoms with Crippen LogP contribution in [-0.2, 0) is 6.54 Å². The monoisotopic (exact) mass is 667 g/mol. The van der Waals surface area contributed by atoms with Gasteiger partial charge in [0.05, 0.1) is 33.3 Å². The summed E-state index contributed by atoms with van der Waals surface area (Å²) in [5.41, 5.74) is 12.6. The van der Waals surface area contributed by atoms with E-state index in [2.05, 4.69) is 174 Å². The zero-order valence-corrected chi connectivity index (χ0v) is 28.6. The molecule has 0 saturated heterocycles. The molecule has 5 heteroatoms. The minimum Gasteiger partial charge on any atom is -0.324 e. The van der Waals surface area contributed by atoms with Crippen LogP contribution in [0.1, 0.15) is 6.92 Å². The molecule has 0 amide bonds. The number of rotatable bonds is 6. The number of para-hydroxylation sites is 4. The van der Waals surface area contributed by atoms with Crippen molar-refractivity contribution in [3.63, 3.8) is 0 Å². The lowest BCUT2D eigenvalue weighted by Gasteiger charge is -2.13. The quantitative estimate of drug-likeness (QED) is 0.166. The SMILES string of the molecule is CCn1c(-c2cccc(-c3ccc(-c4nc5ccccc5c5ccc6c(nc(-c7ccccc7)n6-c6ccccc6)c45)cc3)c2)nc2ccccc21. The zero-order valence-electron chi connectivity index (χ0n) is 28.6. The van der Waals surface area contributed by atoms with Gasteiger partial charge >= 0.3 is 0 Å². The van der Waals surface area contributed by atoms with Crippen LogP contribution >= 0.6 is 0 Å². The number of imidazole rings is 2. The molecule has 52 heavy (non-hydrogen) atoms. The molecule has 0 spiro atoms. The van der Waals surface area contributed by atoms with Gasteiger partial charge in [-0.3, -0.25) is 4.57 Å². The molecule has 0 saturated carbocycles. The predicted molar refractivity (Wildman–Crippen MR) is 215 cm³/mol. The molecule has 0 bridgehead atoms. The van der Waals surface area contributed by atoms with E-state index >= 15 is 0 Å². The number of pyridine rings is 1. The van der Waals surface area contributed by atoms with Crippen molar-refractivity contribution < 1.29 is 0 Å². The van der Waals surface area contributed by atoms with Gasteiger partial charge in [-0.1, -0.05) is 127 Å². The number of aryl methyl sites for hydroxylation is 1. The first-order valence-corrected chi connectivity index (χ1v) is 17.8. The van der Waals surface area contributed by atoms with Gasteiger partial charge in [0, 0.05) is 39.7 Å². The second-order valence-electron chi connectivity index (χ2n) is 13.1. The number of hydrogen-bond donors (Lipinski definition) is 0. The number of hydrogen-bond acceptors (Lipinski definition) is 3. The lowest BCUT2D eigenvalue weighted by molar-refractivity contribution is 0.796. The van der Waals surface area contributed by atoms with Gasteiger partial charge < -0.3 is 4.57 Å². The molecular formula is C47H33N5. The van der Waals surface area contributed by atoms with E-state index in [0.717, 1.165) is 101 Å². The van der Waals surface area contributed by atoms with Crippen molar-refractivity contribution in [2.75, 3.05) is 0 Å². The molecule has 0 aliphatic rings. The maximum Gasteiger partial charge on any atom is 0.145 e. The fraction of sp³-hybridized carbons (Fsp3) is 0.0426. The largest absolute Gasteiger partial charge is 0.324 e. The lowest BCUT2D eigenvalue weighted by Crippen LogP contribution is -1.97. The minimum absolute atomic E-state index is 0.852. The maximum absolute atomic E-state index is 5.43. The Labute approximate surface area is 301 Å². The third-order valence-corrected chi connectivity index (χ3v) is 10.1. The summed E-state index contributed by atoms with van der Waals surface area (Å²) in [6.45, 7) is 3.03. The van der Waals surface area contributed by atoms with Gasteiger partial charge in [-0.25, -0.2) is 15.0 Å². The highest BCUT2D eigenvalue weighted by Gasteiger charge is 2.21. The minimum atomic E-state index is 0.852. The molecule has 0 aliphatic carbocycles. The van der Waals surface area contributed by atoms with Crippen LogP contribution in [0.4, 0.5) is 0 Å². The fourth-order valence-electron chi connectivity index (χ4n) is 7.69. The van der Waals surface area contributed by atoms with E-state index in [0.29, 0.717) is 0 Å². The Bertz CT molecular complexity index is 2920. The average Bonchev–Trinajstić information content (AvgIpc) is 3.80. The summed E-state index contributed by atoms with van der Waals surface area (Å²) in [7, 11) is 0. The Morgan fingerprint density at radius 2 is 1.12 bits per heavy atom. The van der Waals surface area contributed by atoms with Gasteiger partial charge in [0.1, 0.15) is 11.6 Å². The standard InChI is InChI=1S/C47H33N5/c1-2-51-41-23-12-11-22-40(41)49-46(51)35-17-13-16-34(30-35)31-24-26-32(27-25-31)44-43-38(37-20-9-10-21-39(37)48-44)28-29-42-45(43)50-47(33-14-5-3-6-15-33)52(42)36-18-7-4-8-19-36/h3-30H,2H2,1H3. The van der Waals surface area contributed by atoms with Crippen LogP contribution < -0.4 is 0 Å². The number of benzene rings is 7. The lowest BCUT2D eigenvalue weighted by atomic mass is 9.96. The van der Waals surface area contributed by atoms with E-state index in [4.69, 9.17) is 15.0 Å². The van der Waals surface area contributed by atoms with Crippen LogP contribution in [0.3, 0.4) is 0 Å². The molecule has 3 aromatic heterocycles. The van der Waals surface area contributed by atoms with Crippen LogP contribution in [0.5, 0.6) is 0 Å². The number of aromatic nitrogens is 5. The summed E-state index contributed by atoms with van der Waals surface area (Å²) in [6, 6.07) is 59.7. The van der Waals surface area contributed by atoms with E-state index in [1.54, 1.807) is 0 Å². The molecule has 10 rings (SSSR count). The predicted octanol–water partition coefficient (Wildman–Crippen LogP) is 11.8. The highest BCUT2D eigenvalue weighted by atomic mass is 15.1. The molecular weight excluding hydrogens is 635 g/mol. The third-order valence-electron chi connectivity index (χ3n) is 10.1. The second kappa shape index (κ2) is 12.2. The molecule has 0 fully saturated rings. The van der Waals surface area contributed by atoms with Gasteiger partial charge in [0.15, 0.2) is 0 Å². The van der Waals surface area contributed by atoms with E-state index in [1.807, 2.05) is 12.1 Å². The van der Waals surface area contributed by atoms with Crippen molar-refractivity contribution >= 4 is 43.7 Å². The molecule has 0 radical (unpaired) electrons. The molecule has 0 unspecified atom stereocenters. The van der Waals surface area contributed by atoms with Crippen molar-refractivity contribution in [1.82, 2.24) is 24.1 Å². The highest BCUT2D eigenvalue weighted by molar-refractivity contribution is 6.20. The number of nitrogens with zero attached hydrogens (tertiary/aromatic N) is 5. The Morgan fingerprint density at radius 1 is 0.442 bits per heavy atom. The van der Waals surface area contributed by atoms with Crippen LogP contribution in [0.2, 0.25) is 0 Å². The second-order valence-corrected chi connectivity index (χ2v) is 13.1. The van der Waals surface area contributed by atoms with E-state index in [-0.39, 0.29) is 0 Å². The Hall–Kier alpha value is -6.85. The summed E-state index contributed by atoms with van der Waals surface area (Å²) >= 11 is 0. The van der Waals surface area contributed by atoms with Crippen molar-refractivity contribution in [1.29, 1.82) is 0 Å². The Balaban J connectivity index is 1.15. The van der Waals surface area contributed by atoms with Crippen molar-refractivity contribution in [2.24, 2.45) is 0 Å². The summed E-state index contributed by atoms with van der Waals surface area (Å²) in [5, 5.41) is 3.31. The molecule has 0 atom stereocenters. The maximum atomic E-state index is 5.43. The van der Waals surface area contributed by atoms with Gasteiger partial charge in [-0.2, -0.15) is 0 Å². The average molecular weight is 668 g/mol. The van der Waals surface area contributed by atoms with Gasteiger partial charge in [0.2, 0.25) is 0 Å². The molecule has 10 aromatic rings. The van der Waals surface area contributed by atoms with Gasteiger partial charge in [-0.15, -0.1) is 0 Å². The van der Waals surface area contributed by atoms with Gasteiger partial charge in [0.25, 0.3) is 0 Å². The summed E-state index contributed by atoms with van der Waals surface area (Å²) in [5.74, 6) is 1.89. The summed E-state index contributed by atoms with van der Waals surface area (Å²) < 4.78 is 4.56. The first kappa shape index (κ1) is 30.0. The normalized spacial score (nSPS) is 11.6. The summed E-state index contributed by atoms with van der Waals surface area (Å²) in [6.07, 6.45) is 0. The van der Waals surface area contributed by atoms with Crippen LogP contribution in [-0.4, -0.2) is 24.1 Å². The van der Waals surface area contributed by atoms with Crippen molar-refractivity contribution in [2.45, 2.75) is 13.5 Å². The zero-order chi connectivity index (χ0) is 34.6.